The quantitative estimate of drug-likeness (QED) is 0.682. The van der Waals surface area contributed by atoms with Crippen molar-refractivity contribution in [1.29, 1.82) is 0 Å². The van der Waals surface area contributed by atoms with Gasteiger partial charge in [-0.3, -0.25) is 0 Å². The Bertz CT molecular complexity index is 611. The lowest BCUT2D eigenvalue weighted by molar-refractivity contribution is 0.462. The molecule has 2 heterocycles. The zero-order valence-corrected chi connectivity index (χ0v) is 11.6. The Morgan fingerprint density at radius 2 is 2.15 bits per heavy atom. The predicted molar refractivity (Wildman–Crippen MR) is 74.4 cm³/mol. The molecule has 0 unspecified atom stereocenters. The zero-order valence-electron chi connectivity index (χ0n) is 10.8. The molecule has 0 spiro atoms. The van der Waals surface area contributed by atoms with E-state index >= 15 is 0 Å². The Kier molecular flexibility index (Phi) is 5.13. The number of tetrazole rings is 1. The maximum Gasteiger partial charge on any atom is 0.235 e. The average Bonchev–Trinajstić information content (AvgIpc) is 3.15. The van der Waals surface area contributed by atoms with Crippen LogP contribution in [0, 0.1) is 0 Å². The van der Waals surface area contributed by atoms with E-state index in [4.69, 9.17) is 0 Å². The van der Waals surface area contributed by atoms with Crippen LogP contribution in [0.5, 0.6) is 5.75 Å². The molecular formula is C12H14N6OS. The summed E-state index contributed by atoms with van der Waals surface area (Å²) in [7, 11) is 0. The largest absolute Gasteiger partial charge is 0.507 e. The van der Waals surface area contributed by atoms with Gasteiger partial charge in [-0.05, 0) is 29.1 Å². The highest BCUT2D eigenvalue weighted by Gasteiger charge is 2.04. The molecule has 104 valence electrons. The smallest absolute Gasteiger partial charge is 0.235 e. The average molecular weight is 290 g/mol. The minimum absolute atomic E-state index is 0.220. The van der Waals surface area contributed by atoms with Crippen molar-refractivity contribution < 1.29 is 5.11 Å². The summed E-state index contributed by atoms with van der Waals surface area (Å²) in [5, 5.41) is 23.2. The molecule has 0 saturated carbocycles. The van der Waals surface area contributed by atoms with Gasteiger partial charge in [0.25, 0.3) is 0 Å². The van der Waals surface area contributed by atoms with Gasteiger partial charge in [0.15, 0.2) is 0 Å². The van der Waals surface area contributed by atoms with Gasteiger partial charge in [-0.15, -0.1) is 10.2 Å². The number of aryl methyl sites for hydroxylation is 1. The lowest BCUT2D eigenvalue weighted by Crippen LogP contribution is -1.78. The number of nitrogens with zero attached hydrogens (tertiary/aromatic N) is 4. The lowest BCUT2D eigenvalue weighted by atomic mass is 10.3. The summed E-state index contributed by atoms with van der Waals surface area (Å²) in [6.45, 7) is 2.07. The van der Waals surface area contributed by atoms with Crippen molar-refractivity contribution in [2.24, 2.45) is 0 Å². The SMILES string of the molecule is CCc1ncc[nH]1.Oc1ccccc1Sc1nn[nH]n1. The van der Waals surface area contributed by atoms with E-state index in [0.29, 0.717) is 10.1 Å². The van der Waals surface area contributed by atoms with Crippen LogP contribution in [0.2, 0.25) is 0 Å². The number of phenolic OH excluding ortho intramolecular Hbond substituents is 1. The number of hydrogen-bond donors (Lipinski definition) is 3. The van der Waals surface area contributed by atoms with Crippen LogP contribution in [0.15, 0.2) is 46.7 Å². The molecule has 1 aromatic carbocycles. The van der Waals surface area contributed by atoms with E-state index in [1.165, 1.54) is 11.8 Å². The van der Waals surface area contributed by atoms with Crippen LogP contribution in [-0.4, -0.2) is 35.7 Å². The molecule has 3 rings (SSSR count). The second kappa shape index (κ2) is 7.29. The van der Waals surface area contributed by atoms with Gasteiger partial charge in [-0.2, -0.15) is 5.21 Å². The topological polar surface area (TPSA) is 103 Å². The third-order valence-corrected chi connectivity index (χ3v) is 3.20. The highest BCUT2D eigenvalue weighted by Crippen LogP contribution is 2.30. The first kappa shape index (κ1) is 14.1. The zero-order chi connectivity index (χ0) is 14.2. The fourth-order valence-electron chi connectivity index (χ4n) is 1.33. The number of aromatic amines is 2. The summed E-state index contributed by atoms with van der Waals surface area (Å²) in [5.74, 6) is 1.28. The Morgan fingerprint density at radius 3 is 2.70 bits per heavy atom. The molecule has 0 bridgehead atoms. The number of para-hydroxylation sites is 1. The van der Waals surface area contributed by atoms with Gasteiger partial charge in [-0.1, -0.05) is 19.1 Å². The Morgan fingerprint density at radius 1 is 1.30 bits per heavy atom. The van der Waals surface area contributed by atoms with Crippen molar-refractivity contribution in [3.63, 3.8) is 0 Å². The summed E-state index contributed by atoms with van der Waals surface area (Å²) in [6, 6.07) is 7.00. The maximum atomic E-state index is 9.40. The number of nitrogens with one attached hydrogen (secondary N) is 2. The molecular weight excluding hydrogens is 276 g/mol. The molecule has 0 fully saturated rings. The number of hydrogen-bond acceptors (Lipinski definition) is 6. The summed E-state index contributed by atoms with van der Waals surface area (Å²) in [4.78, 5) is 7.67. The summed E-state index contributed by atoms with van der Waals surface area (Å²) in [5.41, 5.74) is 0. The number of benzene rings is 1. The van der Waals surface area contributed by atoms with Gasteiger partial charge in [-0.25, -0.2) is 4.98 Å². The van der Waals surface area contributed by atoms with Crippen LogP contribution >= 0.6 is 11.8 Å². The molecule has 20 heavy (non-hydrogen) atoms. The van der Waals surface area contributed by atoms with E-state index < -0.39 is 0 Å². The van der Waals surface area contributed by atoms with Crippen molar-refractivity contribution in [3.8, 4) is 5.75 Å². The molecule has 0 aliphatic heterocycles. The third-order valence-electron chi connectivity index (χ3n) is 2.28. The molecule has 0 saturated heterocycles. The van der Waals surface area contributed by atoms with Gasteiger partial charge in [0.1, 0.15) is 11.6 Å². The second-order valence-corrected chi connectivity index (χ2v) is 4.66. The summed E-state index contributed by atoms with van der Waals surface area (Å²) < 4.78 is 0. The van der Waals surface area contributed by atoms with Gasteiger partial charge in [0.2, 0.25) is 5.16 Å². The number of aromatic nitrogens is 6. The number of phenols is 1. The minimum Gasteiger partial charge on any atom is -0.507 e. The van der Waals surface area contributed by atoms with E-state index in [1.54, 1.807) is 24.4 Å². The van der Waals surface area contributed by atoms with Gasteiger partial charge in [0.05, 0.1) is 4.90 Å². The molecule has 0 aliphatic carbocycles. The van der Waals surface area contributed by atoms with Crippen molar-refractivity contribution in [3.05, 3.63) is 42.5 Å². The maximum absolute atomic E-state index is 9.40. The van der Waals surface area contributed by atoms with Gasteiger partial charge >= 0.3 is 0 Å². The van der Waals surface area contributed by atoms with E-state index in [1.807, 2.05) is 12.3 Å². The van der Waals surface area contributed by atoms with Gasteiger partial charge in [0, 0.05) is 18.8 Å². The first-order valence-electron chi connectivity index (χ1n) is 5.97. The molecule has 7 nitrogen and oxygen atoms in total. The molecule has 2 aromatic heterocycles. The number of aromatic hydroxyl groups is 1. The van der Waals surface area contributed by atoms with Gasteiger partial charge < -0.3 is 10.1 Å². The second-order valence-electron chi connectivity index (χ2n) is 3.65. The Balaban J connectivity index is 0.000000178. The number of H-pyrrole nitrogens is 2. The fourth-order valence-corrected chi connectivity index (χ4v) is 2.01. The van der Waals surface area contributed by atoms with Crippen LogP contribution in [0.4, 0.5) is 0 Å². The molecule has 3 N–H and O–H groups in total. The lowest BCUT2D eigenvalue weighted by Gasteiger charge is -1.98. The first-order chi connectivity index (χ1) is 9.79. The number of rotatable bonds is 3. The summed E-state index contributed by atoms with van der Waals surface area (Å²) >= 11 is 1.25. The van der Waals surface area contributed by atoms with Crippen molar-refractivity contribution in [1.82, 2.24) is 30.6 Å². The van der Waals surface area contributed by atoms with Crippen LogP contribution < -0.4 is 0 Å². The normalized spacial score (nSPS) is 9.85. The monoisotopic (exact) mass is 290 g/mol. The fraction of sp³-hybridized carbons (Fsp3) is 0.167. The molecule has 0 amide bonds. The predicted octanol–water partition coefficient (Wildman–Crippen LogP) is 2.03. The molecule has 0 aliphatic rings. The van der Waals surface area contributed by atoms with Crippen LogP contribution in [-0.2, 0) is 6.42 Å². The van der Waals surface area contributed by atoms with E-state index in [-0.39, 0.29) is 5.75 Å². The van der Waals surface area contributed by atoms with E-state index in [2.05, 4.69) is 37.5 Å². The van der Waals surface area contributed by atoms with Crippen molar-refractivity contribution in [2.75, 3.05) is 0 Å². The van der Waals surface area contributed by atoms with E-state index in [9.17, 15) is 5.11 Å². The Hall–Kier alpha value is -2.35. The van der Waals surface area contributed by atoms with Crippen LogP contribution in [0.25, 0.3) is 0 Å². The number of imidazole rings is 1. The standard InChI is InChI=1S/C7H6N4OS.C5H8N2/c12-5-3-1-2-4-6(5)13-7-8-10-11-9-7;1-2-5-6-3-4-7-5/h1-4,12H,(H,8,9,10,11);3-4H,2H2,1H3,(H,6,7). The highest BCUT2D eigenvalue weighted by molar-refractivity contribution is 7.99. The molecule has 0 radical (unpaired) electrons. The molecule has 0 atom stereocenters. The first-order valence-corrected chi connectivity index (χ1v) is 6.78. The van der Waals surface area contributed by atoms with Crippen LogP contribution in [0.3, 0.4) is 0 Å². The van der Waals surface area contributed by atoms with Crippen LogP contribution in [0.1, 0.15) is 12.7 Å². The molecule has 3 aromatic rings. The Labute approximate surface area is 119 Å². The highest BCUT2D eigenvalue weighted by atomic mass is 32.2. The van der Waals surface area contributed by atoms with E-state index in [0.717, 1.165) is 12.2 Å². The molecule has 8 heteroatoms. The minimum atomic E-state index is 0.220. The van der Waals surface area contributed by atoms with Crippen molar-refractivity contribution in [2.45, 2.75) is 23.4 Å². The van der Waals surface area contributed by atoms with Crippen molar-refractivity contribution >= 4 is 11.8 Å². The summed E-state index contributed by atoms with van der Waals surface area (Å²) in [6.07, 6.45) is 4.59. The third kappa shape index (κ3) is 4.09.